The molecule has 0 bridgehead atoms. The summed E-state index contributed by atoms with van der Waals surface area (Å²) in [4.78, 5) is 35.3. The van der Waals surface area contributed by atoms with Gasteiger partial charge in [-0.3, -0.25) is 14.4 Å². The van der Waals surface area contributed by atoms with Crippen LogP contribution in [0, 0.1) is 66.7 Å². The van der Waals surface area contributed by atoms with E-state index in [9.17, 15) is 67.1 Å². The van der Waals surface area contributed by atoms with Gasteiger partial charge in [-0.1, -0.05) is 24.3 Å². The summed E-state index contributed by atoms with van der Waals surface area (Å²) >= 11 is 0. The Morgan fingerprint density at radius 3 is 1.51 bits per heavy atom. The fourth-order valence-electron chi connectivity index (χ4n) is 5.89. The van der Waals surface area contributed by atoms with Gasteiger partial charge in [-0.25, -0.2) is 40.6 Å². The van der Waals surface area contributed by atoms with E-state index in [1.807, 2.05) is 0 Å². The molecule has 0 spiro atoms. The third-order valence-corrected chi connectivity index (χ3v) is 9.11. The van der Waals surface area contributed by atoms with Crippen molar-refractivity contribution >= 4 is 29.6 Å². The van der Waals surface area contributed by atoms with Crippen LogP contribution < -0.4 is 0 Å². The van der Waals surface area contributed by atoms with Crippen LogP contribution in [-0.2, 0) is 12.4 Å². The van der Waals surface area contributed by atoms with Crippen LogP contribution in [0.2, 0.25) is 0 Å². The number of alkyl halides is 6. The molecule has 0 N–H and O–H groups in total. The highest BCUT2D eigenvalue weighted by Gasteiger charge is 2.37. The highest BCUT2D eigenvalue weighted by atomic mass is 19.4. The van der Waals surface area contributed by atoms with Crippen molar-refractivity contribution in [3.63, 3.8) is 0 Å². The number of carbonyl (C=O) groups is 3. The van der Waals surface area contributed by atoms with Crippen LogP contribution in [0.15, 0.2) is 115 Å². The molecule has 0 fully saturated rings. The van der Waals surface area contributed by atoms with Crippen LogP contribution in [-0.4, -0.2) is 37.4 Å². The first kappa shape index (κ1) is 54.0. The second-order valence-corrected chi connectivity index (χ2v) is 14.2. The summed E-state index contributed by atoms with van der Waals surface area (Å²) in [6, 6.07) is 24.6. The molecule has 0 aliphatic heterocycles. The molecule has 7 aromatic rings. The number of benzene rings is 5. The van der Waals surface area contributed by atoms with Crippen LogP contribution in [0.3, 0.4) is 0 Å². The van der Waals surface area contributed by atoms with E-state index >= 15 is 0 Å². The van der Waals surface area contributed by atoms with Gasteiger partial charge in [0.25, 0.3) is 0 Å². The monoisotopic (exact) mass is 980 g/mol. The molecule has 9 nitrogen and oxygen atoms in total. The molecule has 0 atom stereocenters. The SMILES string of the molecule is CC(=O)c1cccc(F)c1F.Cc1cc(C(F)(F)F)n(-c2ccc(C=O)cc2)n1.N#CCC(=O)c1cccc(F)c1F.[C-]#[N+]/C(=C\c1ccc(-n2nc(C)cc2C(F)(F)F)cc1)c1cc(F)ccc1F. The third kappa shape index (κ3) is 14.2. The van der Waals surface area contributed by atoms with Gasteiger partial charge in [0.05, 0.1) is 53.0 Å². The number of nitriles is 1. The zero-order valence-corrected chi connectivity index (χ0v) is 36.3. The number of ketones is 2. The molecule has 0 aliphatic rings. The predicted octanol–water partition coefficient (Wildman–Crippen LogP) is 13.1. The maximum absolute atomic E-state index is 13.9. The first-order valence-electron chi connectivity index (χ1n) is 19.7. The first-order chi connectivity index (χ1) is 32.9. The largest absolute Gasteiger partial charge is 0.433 e. The van der Waals surface area contributed by atoms with Crippen molar-refractivity contribution in [1.82, 2.24) is 19.6 Å². The number of hydrogen-bond donors (Lipinski definition) is 0. The number of aromatic nitrogens is 4. The number of aldehydes is 1. The molecule has 70 heavy (non-hydrogen) atoms. The first-order valence-corrected chi connectivity index (χ1v) is 19.7. The molecule has 0 radical (unpaired) electrons. The highest BCUT2D eigenvalue weighted by molar-refractivity contribution is 5.97. The van der Waals surface area contributed by atoms with E-state index in [1.54, 1.807) is 6.07 Å². The molecular weight excluding hydrogens is 949 g/mol. The molecule has 5 aromatic carbocycles. The smallest absolute Gasteiger partial charge is 0.298 e. The lowest BCUT2D eigenvalue weighted by Crippen LogP contribution is -2.13. The Hall–Kier alpha value is -8.59. The zero-order chi connectivity index (χ0) is 52.1. The van der Waals surface area contributed by atoms with E-state index in [-0.39, 0.29) is 45.2 Å². The second kappa shape index (κ2) is 23.4. The lowest BCUT2D eigenvalue weighted by Gasteiger charge is -2.10. The fourth-order valence-corrected chi connectivity index (χ4v) is 5.89. The van der Waals surface area contributed by atoms with Gasteiger partial charge in [-0.15, -0.1) is 0 Å². The lowest BCUT2D eigenvalue weighted by atomic mass is 10.1. The summed E-state index contributed by atoms with van der Waals surface area (Å²) < 4.78 is 157. The molecule has 21 heteroatoms. The molecular formula is C49H32F12N6O3. The highest BCUT2D eigenvalue weighted by Crippen LogP contribution is 2.33. The number of Topliss-reactive ketones (excluding diaryl/α,β-unsaturated/α-hetero) is 2. The summed E-state index contributed by atoms with van der Waals surface area (Å²) in [5.41, 5.74) is -0.860. The number of aryl methyl sites for hydroxylation is 2. The standard InChI is InChI=1S/C20H12F5N3.C12H9F3N2O.C9H5F2NO.C8H6F2O/c1-12-9-19(20(23,24)25)28(27-12)15-6-3-13(4-7-15)10-18(26-2)16-11-14(21)5-8-17(16)22;1-8-6-11(12(13,14)15)17(16-8)10-4-2-9(7-18)3-5-10;10-7-3-1-2-6(9(7)11)8(13)4-5-12;1-5(11)6-3-2-4-7(9)8(6)10/h3-11H,1H3;2-7H,1H3;1-3H,4H2;2-4H,1H3/b18-10-;;;. The van der Waals surface area contributed by atoms with Crippen LogP contribution in [0.25, 0.3) is 28.0 Å². The number of hydrogen-bond acceptors (Lipinski definition) is 6. The fraction of sp³-hybridized carbons (Fsp3) is 0.122. The maximum atomic E-state index is 13.9. The van der Waals surface area contributed by atoms with E-state index in [4.69, 9.17) is 11.8 Å². The number of rotatable bonds is 8. The Labute approximate surface area is 390 Å². The molecule has 0 saturated carbocycles. The minimum atomic E-state index is -4.56. The van der Waals surface area contributed by atoms with Gasteiger partial charge in [0.15, 0.2) is 40.5 Å². The Morgan fingerprint density at radius 2 is 1.10 bits per heavy atom. The molecule has 0 aliphatic carbocycles. The molecule has 2 aromatic heterocycles. The second-order valence-electron chi connectivity index (χ2n) is 14.2. The normalized spacial score (nSPS) is 11.1. The summed E-state index contributed by atoms with van der Waals surface area (Å²) in [7, 11) is 0. The summed E-state index contributed by atoms with van der Waals surface area (Å²) in [5, 5.41) is 15.8. The lowest BCUT2D eigenvalue weighted by molar-refractivity contribution is -0.143. The number of halogens is 12. The molecule has 360 valence electrons. The van der Waals surface area contributed by atoms with Crippen molar-refractivity contribution in [3.05, 3.63) is 212 Å². The molecule has 0 amide bonds. The van der Waals surface area contributed by atoms with Gasteiger partial charge < -0.3 is 0 Å². The predicted molar refractivity (Wildman–Crippen MR) is 230 cm³/mol. The number of nitrogens with zero attached hydrogens (tertiary/aromatic N) is 6. The van der Waals surface area contributed by atoms with E-state index < -0.39 is 76.6 Å². The Kier molecular flexibility index (Phi) is 18.1. The molecule has 0 saturated heterocycles. The van der Waals surface area contributed by atoms with Gasteiger partial charge in [-0.05, 0) is 123 Å². The van der Waals surface area contributed by atoms with Crippen molar-refractivity contribution in [2.24, 2.45) is 0 Å². The van der Waals surface area contributed by atoms with Gasteiger partial charge >= 0.3 is 12.4 Å². The van der Waals surface area contributed by atoms with E-state index in [1.165, 1.54) is 93.6 Å². The van der Waals surface area contributed by atoms with E-state index in [2.05, 4.69) is 15.0 Å². The van der Waals surface area contributed by atoms with Gasteiger partial charge in [-0.2, -0.15) is 41.8 Å². The summed E-state index contributed by atoms with van der Waals surface area (Å²) in [5.74, 6) is -6.94. The summed E-state index contributed by atoms with van der Waals surface area (Å²) in [6.07, 6.45) is -7.52. The van der Waals surface area contributed by atoms with Crippen LogP contribution in [0.4, 0.5) is 52.7 Å². The Bertz CT molecular complexity index is 3120. The van der Waals surface area contributed by atoms with Crippen LogP contribution >= 0.6 is 0 Å². The van der Waals surface area contributed by atoms with Crippen LogP contribution in [0.5, 0.6) is 0 Å². The van der Waals surface area contributed by atoms with Crippen molar-refractivity contribution in [2.45, 2.75) is 39.5 Å². The van der Waals surface area contributed by atoms with Crippen molar-refractivity contribution in [3.8, 4) is 17.4 Å². The van der Waals surface area contributed by atoms with E-state index in [0.29, 0.717) is 17.4 Å². The van der Waals surface area contributed by atoms with Crippen LogP contribution in [0.1, 0.15) is 78.3 Å². The maximum Gasteiger partial charge on any atom is 0.433 e. The minimum Gasteiger partial charge on any atom is -0.298 e. The molecule has 2 heterocycles. The molecule has 0 unspecified atom stereocenters. The zero-order valence-electron chi connectivity index (χ0n) is 36.3. The average molecular weight is 981 g/mol. The van der Waals surface area contributed by atoms with Gasteiger partial charge in [0.2, 0.25) is 0 Å². The van der Waals surface area contributed by atoms with Gasteiger partial charge in [0, 0.05) is 11.1 Å². The van der Waals surface area contributed by atoms with Gasteiger partial charge in [0.1, 0.15) is 29.3 Å². The van der Waals surface area contributed by atoms with Crippen molar-refractivity contribution in [2.75, 3.05) is 0 Å². The Balaban J connectivity index is 0.000000218. The minimum absolute atomic E-state index is 0.129. The van der Waals surface area contributed by atoms with Crippen molar-refractivity contribution in [1.29, 1.82) is 5.26 Å². The number of carbonyl (C=O) groups excluding carboxylic acids is 3. The Morgan fingerprint density at radius 1 is 0.643 bits per heavy atom. The van der Waals surface area contributed by atoms with E-state index in [0.717, 1.165) is 57.9 Å². The third-order valence-electron chi connectivity index (χ3n) is 9.11. The quantitative estimate of drug-likeness (QED) is 0.0492. The summed E-state index contributed by atoms with van der Waals surface area (Å²) in [6.45, 7) is 11.4. The van der Waals surface area contributed by atoms with Crippen molar-refractivity contribution < 1.29 is 67.1 Å². The topological polar surface area (TPSA) is 115 Å². The average Bonchev–Trinajstić information content (AvgIpc) is 3.92. The molecule has 7 rings (SSSR count).